The number of pyridine rings is 1. The van der Waals surface area contributed by atoms with Gasteiger partial charge in [-0.2, -0.15) is 18.3 Å². The normalized spacial score (nSPS) is 25.5. The van der Waals surface area contributed by atoms with E-state index in [0.717, 1.165) is 44.2 Å². The van der Waals surface area contributed by atoms with Gasteiger partial charge in [0.15, 0.2) is 5.82 Å². The number of aliphatic hydroxyl groups is 1. The van der Waals surface area contributed by atoms with Crippen LogP contribution in [0.5, 0.6) is 0 Å². The Kier molecular flexibility index (Phi) is 6.32. The number of alkyl halides is 3. The fourth-order valence-electron chi connectivity index (χ4n) is 4.52. The fraction of sp³-hybridized carbons (Fsp3) is 0.667. The maximum atomic E-state index is 12.8. The molecule has 31 heavy (non-hydrogen) atoms. The molecule has 7 nitrogen and oxygen atoms in total. The van der Waals surface area contributed by atoms with Gasteiger partial charge in [-0.1, -0.05) is 0 Å². The molecule has 3 atom stereocenters. The molecule has 10 heteroatoms. The van der Waals surface area contributed by atoms with Gasteiger partial charge in [0.2, 0.25) is 0 Å². The van der Waals surface area contributed by atoms with Gasteiger partial charge in [-0.25, -0.2) is 9.67 Å². The zero-order valence-corrected chi connectivity index (χ0v) is 17.7. The zero-order chi connectivity index (χ0) is 22.2. The van der Waals surface area contributed by atoms with Crippen LogP contribution in [-0.4, -0.2) is 68.2 Å². The molecule has 170 valence electrons. The Morgan fingerprint density at radius 1 is 1.26 bits per heavy atom. The van der Waals surface area contributed by atoms with Crippen molar-refractivity contribution in [2.75, 3.05) is 26.3 Å². The smallest absolute Gasteiger partial charge is 0.394 e. The van der Waals surface area contributed by atoms with Crippen LogP contribution in [0.3, 0.4) is 0 Å². The Bertz CT molecular complexity index is 884. The van der Waals surface area contributed by atoms with Crippen molar-refractivity contribution >= 4 is 0 Å². The van der Waals surface area contributed by atoms with E-state index in [9.17, 15) is 18.3 Å². The quantitative estimate of drug-likeness (QED) is 0.771. The van der Waals surface area contributed by atoms with Gasteiger partial charge >= 0.3 is 6.18 Å². The van der Waals surface area contributed by atoms with Crippen LogP contribution in [0.25, 0.3) is 11.4 Å². The average Bonchev–Trinajstić information content (AvgIpc) is 3.41. The molecular weight excluding hydrogens is 411 g/mol. The molecule has 0 aromatic carbocycles. The molecule has 0 bridgehead atoms. The van der Waals surface area contributed by atoms with Crippen LogP contribution in [0.1, 0.15) is 56.6 Å². The van der Waals surface area contributed by atoms with E-state index in [-0.39, 0.29) is 24.7 Å². The second-order valence-electron chi connectivity index (χ2n) is 8.60. The number of morpholine rings is 1. The van der Waals surface area contributed by atoms with E-state index in [0.29, 0.717) is 24.0 Å². The molecule has 2 fully saturated rings. The van der Waals surface area contributed by atoms with Crippen molar-refractivity contribution in [1.29, 1.82) is 0 Å². The lowest BCUT2D eigenvalue weighted by Gasteiger charge is -2.36. The number of hydrogen-bond acceptors (Lipinski definition) is 6. The Balaban J connectivity index is 1.53. The van der Waals surface area contributed by atoms with E-state index in [2.05, 4.69) is 15.0 Å². The first-order valence-corrected chi connectivity index (χ1v) is 10.7. The molecule has 1 aliphatic carbocycles. The summed E-state index contributed by atoms with van der Waals surface area (Å²) in [4.78, 5) is 10.7. The highest BCUT2D eigenvalue weighted by Gasteiger charge is 2.36. The molecule has 1 saturated heterocycles. The Morgan fingerprint density at radius 2 is 2.06 bits per heavy atom. The fourth-order valence-corrected chi connectivity index (χ4v) is 4.52. The van der Waals surface area contributed by atoms with Crippen molar-refractivity contribution in [3.05, 3.63) is 29.8 Å². The van der Waals surface area contributed by atoms with Gasteiger partial charge in [-0.3, -0.25) is 9.88 Å². The number of hydrogen-bond donors (Lipinski definition) is 1. The number of halogens is 3. The summed E-state index contributed by atoms with van der Waals surface area (Å²) in [5.74, 6) is 1.51. The van der Waals surface area contributed by atoms with Crippen molar-refractivity contribution in [3.8, 4) is 11.4 Å². The number of nitrogens with zero attached hydrogens (tertiary/aromatic N) is 5. The standard InChI is InChI=1S/C21H28F3N5O2/c1-13(2)29-20(14-3-5-16(9-14)28-7-8-31-17(11-28)12-30)26-19(27-29)15-4-6-18(25-10-15)21(22,23)24/h4,6,10,13-14,16-17,30H,3,5,7-9,11-12H2,1-2H3/t14-,16+,17-/m0/s1. The summed E-state index contributed by atoms with van der Waals surface area (Å²) in [5, 5.41) is 14.0. The molecule has 0 amide bonds. The maximum absolute atomic E-state index is 12.8. The average molecular weight is 439 g/mol. The largest absolute Gasteiger partial charge is 0.433 e. The molecule has 1 aliphatic heterocycles. The van der Waals surface area contributed by atoms with E-state index in [1.807, 2.05) is 18.5 Å². The van der Waals surface area contributed by atoms with E-state index in [4.69, 9.17) is 9.72 Å². The van der Waals surface area contributed by atoms with Gasteiger partial charge in [-0.05, 0) is 45.2 Å². The van der Waals surface area contributed by atoms with Crippen LogP contribution in [0.15, 0.2) is 18.3 Å². The molecule has 0 radical (unpaired) electrons. The Hall–Kier alpha value is -2.04. The maximum Gasteiger partial charge on any atom is 0.433 e. The molecule has 1 N–H and O–H groups in total. The lowest BCUT2D eigenvalue weighted by atomic mass is 10.1. The predicted octanol–water partition coefficient (Wildman–Crippen LogP) is 3.27. The topological polar surface area (TPSA) is 76.3 Å². The minimum atomic E-state index is -4.47. The van der Waals surface area contributed by atoms with E-state index in [1.54, 1.807) is 0 Å². The summed E-state index contributed by atoms with van der Waals surface area (Å²) in [6.45, 7) is 6.28. The molecule has 0 spiro atoms. The van der Waals surface area contributed by atoms with Crippen molar-refractivity contribution in [2.24, 2.45) is 0 Å². The highest BCUT2D eigenvalue weighted by molar-refractivity contribution is 5.53. The summed E-state index contributed by atoms with van der Waals surface area (Å²) in [5.41, 5.74) is -0.452. The van der Waals surface area contributed by atoms with Gasteiger partial charge in [0.25, 0.3) is 0 Å². The van der Waals surface area contributed by atoms with Crippen LogP contribution >= 0.6 is 0 Å². The third-order valence-corrected chi connectivity index (χ3v) is 6.12. The van der Waals surface area contributed by atoms with Crippen LogP contribution in [0.2, 0.25) is 0 Å². The summed E-state index contributed by atoms with van der Waals surface area (Å²) in [6, 6.07) is 2.82. The van der Waals surface area contributed by atoms with E-state index >= 15 is 0 Å². The summed E-state index contributed by atoms with van der Waals surface area (Å²) >= 11 is 0. The SMILES string of the molecule is CC(C)n1nc(-c2ccc(C(F)(F)F)nc2)nc1[C@H]1CC[C@@H](N2CCO[C@H](CO)C2)C1. The second kappa shape index (κ2) is 8.84. The molecule has 3 heterocycles. The van der Waals surface area contributed by atoms with Gasteiger partial charge in [-0.15, -0.1) is 0 Å². The van der Waals surface area contributed by atoms with Crippen molar-refractivity contribution in [3.63, 3.8) is 0 Å². The lowest BCUT2D eigenvalue weighted by Crippen LogP contribution is -2.48. The first-order valence-electron chi connectivity index (χ1n) is 10.7. The third-order valence-electron chi connectivity index (χ3n) is 6.12. The highest BCUT2D eigenvalue weighted by atomic mass is 19.4. The van der Waals surface area contributed by atoms with E-state index < -0.39 is 11.9 Å². The molecule has 1 saturated carbocycles. The summed E-state index contributed by atoms with van der Waals surface area (Å²) < 4.78 is 45.9. The predicted molar refractivity (Wildman–Crippen MR) is 107 cm³/mol. The van der Waals surface area contributed by atoms with Crippen molar-refractivity contribution < 1.29 is 23.0 Å². The van der Waals surface area contributed by atoms with Gasteiger partial charge in [0.1, 0.15) is 11.5 Å². The first kappa shape index (κ1) is 22.2. The minimum Gasteiger partial charge on any atom is -0.394 e. The van der Waals surface area contributed by atoms with Gasteiger partial charge in [0, 0.05) is 42.9 Å². The summed E-state index contributed by atoms with van der Waals surface area (Å²) in [6.07, 6.45) is -0.471. The molecular formula is C21H28F3N5O2. The van der Waals surface area contributed by atoms with Crippen LogP contribution in [0, 0.1) is 0 Å². The van der Waals surface area contributed by atoms with Gasteiger partial charge < -0.3 is 9.84 Å². The Morgan fingerprint density at radius 3 is 2.71 bits per heavy atom. The molecule has 0 unspecified atom stereocenters. The number of aromatic nitrogens is 4. The highest BCUT2D eigenvalue weighted by Crippen LogP contribution is 2.38. The first-order chi connectivity index (χ1) is 14.8. The second-order valence-corrected chi connectivity index (χ2v) is 8.60. The number of aliphatic hydroxyl groups excluding tert-OH is 1. The van der Waals surface area contributed by atoms with Gasteiger partial charge in [0.05, 0.1) is 19.3 Å². The number of ether oxygens (including phenoxy) is 1. The monoisotopic (exact) mass is 439 g/mol. The lowest BCUT2D eigenvalue weighted by molar-refractivity contribution is -0.141. The Labute approximate surface area is 179 Å². The number of rotatable bonds is 5. The summed E-state index contributed by atoms with van der Waals surface area (Å²) in [7, 11) is 0. The van der Waals surface area contributed by atoms with Crippen molar-refractivity contribution in [1.82, 2.24) is 24.6 Å². The molecule has 2 aromatic rings. The van der Waals surface area contributed by atoms with Crippen LogP contribution in [-0.2, 0) is 10.9 Å². The zero-order valence-electron chi connectivity index (χ0n) is 17.7. The van der Waals surface area contributed by atoms with E-state index in [1.165, 1.54) is 12.3 Å². The van der Waals surface area contributed by atoms with Crippen LogP contribution < -0.4 is 0 Å². The molecule has 4 rings (SSSR count). The van der Waals surface area contributed by atoms with Crippen molar-refractivity contribution in [2.45, 2.75) is 63.4 Å². The molecule has 2 aromatic heterocycles. The molecule has 2 aliphatic rings. The third kappa shape index (κ3) is 4.75. The van der Waals surface area contributed by atoms with Crippen LogP contribution in [0.4, 0.5) is 13.2 Å². The minimum absolute atomic E-state index is 0.0266.